The summed E-state index contributed by atoms with van der Waals surface area (Å²) in [5, 5.41) is 1.13. The second-order valence-corrected chi connectivity index (χ2v) is 7.31. The van der Waals surface area contributed by atoms with Gasteiger partial charge in [0.15, 0.2) is 0 Å². The third kappa shape index (κ3) is 3.78. The highest BCUT2D eigenvalue weighted by molar-refractivity contribution is 7.90. The van der Waals surface area contributed by atoms with Crippen LogP contribution in [0.3, 0.4) is 0 Å². The fourth-order valence-corrected chi connectivity index (χ4v) is 3.70. The van der Waals surface area contributed by atoms with Crippen LogP contribution >= 0.6 is 0 Å². The number of allylic oxidation sites excluding steroid dienone is 1. The van der Waals surface area contributed by atoms with E-state index in [2.05, 4.69) is 4.98 Å². The van der Waals surface area contributed by atoms with E-state index in [1.807, 2.05) is 4.72 Å². The third-order valence-corrected chi connectivity index (χ3v) is 5.22. The molecule has 0 aliphatic rings. The summed E-state index contributed by atoms with van der Waals surface area (Å²) in [6, 6.07) is 11.9. The average Bonchev–Trinajstić information content (AvgIpc) is 2.61. The van der Waals surface area contributed by atoms with Crippen molar-refractivity contribution in [3.8, 4) is 0 Å². The zero-order chi connectivity index (χ0) is 18.7. The average molecular weight is 370 g/mol. The normalized spacial score (nSPS) is 12.2. The molecule has 0 unspecified atom stereocenters. The molecule has 0 radical (unpaired) electrons. The summed E-state index contributed by atoms with van der Waals surface area (Å²) in [6.07, 6.45) is 4.20. The van der Waals surface area contributed by atoms with Gasteiger partial charge in [0.05, 0.1) is 4.90 Å². The Morgan fingerprint density at radius 1 is 1.12 bits per heavy atom. The van der Waals surface area contributed by atoms with Crippen molar-refractivity contribution in [2.45, 2.75) is 11.8 Å². The van der Waals surface area contributed by atoms with Gasteiger partial charge in [0.2, 0.25) is 0 Å². The first-order valence-corrected chi connectivity index (χ1v) is 9.19. The molecule has 1 aromatic heterocycles. The second-order valence-electron chi connectivity index (χ2n) is 5.66. The largest absolute Gasteiger partial charge is 0.269 e. The van der Waals surface area contributed by atoms with Crippen LogP contribution in [0.25, 0.3) is 16.3 Å². The smallest absolute Gasteiger partial charge is 0.264 e. The number of nitrogens with zero attached hydrogens (tertiary/aromatic N) is 1. The van der Waals surface area contributed by atoms with E-state index in [-0.39, 0.29) is 10.7 Å². The molecule has 1 heterocycles. The molecule has 0 aliphatic heterocycles. The molecule has 0 spiro atoms. The van der Waals surface area contributed by atoms with Crippen LogP contribution < -0.4 is 4.72 Å². The lowest BCUT2D eigenvalue weighted by Crippen LogP contribution is -2.29. The number of nitrogens with one attached hydrogen (secondary N) is 1. The number of hydrogen-bond donors (Lipinski definition) is 1. The van der Waals surface area contributed by atoms with Gasteiger partial charge < -0.3 is 0 Å². The summed E-state index contributed by atoms with van der Waals surface area (Å²) in [4.78, 5) is 16.1. The van der Waals surface area contributed by atoms with Gasteiger partial charge in [-0.15, -0.1) is 0 Å². The fourth-order valence-electron chi connectivity index (χ4n) is 2.54. The first-order chi connectivity index (χ1) is 12.4. The van der Waals surface area contributed by atoms with Crippen molar-refractivity contribution >= 4 is 32.3 Å². The van der Waals surface area contributed by atoms with Gasteiger partial charge in [-0.05, 0) is 42.3 Å². The number of carbonyl (C=O) groups excluding carboxylic acids is 1. The van der Waals surface area contributed by atoms with Gasteiger partial charge >= 0.3 is 0 Å². The van der Waals surface area contributed by atoms with Gasteiger partial charge in [0, 0.05) is 29.2 Å². The first-order valence-electron chi connectivity index (χ1n) is 7.70. The van der Waals surface area contributed by atoms with Gasteiger partial charge in [-0.1, -0.05) is 24.3 Å². The first kappa shape index (κ1) is 17.8. The highest BCUT2D eigenvalue weighted by Gasteiger charge is 2.19. The molecular weight excluding hydrogens is 355 g/mol. The summed E-state index contributed by atoms with van der Waals surface area (Å²) >= 11 is 0. The lowest BCUT2D eigenvalue weighted by atomic mass is 10.1. The van der Waals surface area contributed by atoms with Crippen molar-refractivity contribution in [2.75, 3.05) is 0 Å². The molecule has 3 rings (SSSR count). The van der Waals surface area contributed by atoms with Crippen LogP contribution in [0.4, 0.5) is 4.39 Å². The number of fused-ring (bicyclic) bond motifs is 1. The highest BCUT2D eigenvalue weighted by Crippen LogP contribution is 2.22. The van der Waals surface area contributed by atoms with Crippen molar-refractivity contribution in [2.24, 2.45) is 0 Å². The van der Waals surface area contributed by atoms with Crippen LogP contribution in [0.1, 0.15) is 12.5 Å². The van der Waals surface area contributed by atoms with E-state index in [9.17, 15) is 17.6 Å². The van der Waals surface area contributed by atoms with Crippen LogP contribution in [0.5, 0.6) is 0 Å². The maximum atomic E-state index is 13.0. The SMILES string of the molecule is C/C(=C/C(=O)NS(=O)(=O)c1cccc2cnccc12)c1ccc(F)cc1. The summed E-state index contributed by atoms with van der Waals surface area (Å²) < 4.78 is 40.2. The standard InChI is InChI=1S/C19H15FN2O3S/c1-13(14-5-7-16(20)8-6-14)11-19(23)22-26(24,25)18-4-2-3-15-12-21-10-9-17(15)18/h2-12H,1H3,(H,22,23)/b13-11-. The van der Waals surface area contributed by atoms with E-state index in [1.54, 1.807) is 31.3 Å². The molecule has 0 atom stereocenters. The predicted octanol–water partition coefficient (Wildman–Crippen LogP) is 3.28. The van der Waals surface area contributed by atoms with E-state index in [0.717, 1.165) is 6.08 Å². The van der Waals surface area contributed by atoms with Crippen molar-refractivity contribution in [3.05, 3.63) is 78.4 Å². The minimum Gasteiger partial charge on any atom is -0.269 e. The summed E-state index contributed by atoms with van der Waals surface area (Å²) in [6.45, 7) is 1.64. The van der Waals surface area contributed by atoms with E-state index >= 15 is 0 Å². The number of rotatable bonds is 4. The molecule has 132 valence electrons. The van der Waals surface area contributed by atoms with Gasteiger partial charge in [-0.25, -0.2) is 17.5 Å². The van der Waals surface area contributed by atoms with Crippen LogP contribution in [-0.2, 0) is 14.8 Å². The van der Waals surface area contributed by atoms with Crippen molar-refractivity contribution in [1.82, 2.24) is 9.71 Å². The van der Waals surface area contributed by atoms with E-state index < -0.39 is 15.9 Å². The Labute approximate surface area is 150 Å². The number of benzene rings is 2. The zero-order valence-corrected chi connectivity index (χ0v) is 14.6. The third-order valence-electron chi connectivity index (χ3n) is 3.81. The summed E-state index contributed by atoms with van der Waals surface area (Å²) in [5.74, 6) is -1.17. The number of carbonyl (C=O) groups is 1. The van der Waals surface area contributed by atoms with Gasteiger partial charge in [-0.2, -0.15) is 0 Å². The molecule has 0 aliphatic carbocycles. The molecule has 0 bridgehead atoms. The molecule has 1 amide bonds. The van der Waals surface area contributed by atoms with Crippen molar-refractivity contribution in [3.63, 3.8) is 0 Å². The summed E-state index contributed by atoms with van der Waals surface area (Å²) in [5.41, 5.74) is 1.13. The van der Waals surface area contributed by atoms with Crippen LogP contribution in [0, 0.1) is 5.82 Å². The van der Waals surface area contributed by atoms with Crippen molar-refractivity contribution in [1.29, 1.82) is 0 Å². The lowest BCUT2D eigenvalue weighted by molar-refractivity contribution is -0.114. The maximum absolute atomic E-state index is 13.0. The molecule has 1 N–H and O–H groups in total. The number of pyridine rings is 1. The van der Waals surface area contributed by atoms with Crippen LogP contribution in [0.2, 0.25) is 0 Å². The highest BCUT2D eigenvalue weighted by atomic mass is 32.2. The fraction of sp³-hybridized carbons (Fsp3) is 0.0526. The molecular formula is C19H15FN2O3S. The number of amides is 1. The number of aromatic nitrogens is 1. The summed E-state index contributed by atoms with van der Waals surface area (Å²) in [7, 11) is -4.05. The Hall–Kier alpha value is -3.06. The maximum Gasteiger partial charge on any atom is 0.264 e. The molecule has 0 saturated carbocycles. The minimum absolute atomic E-state index is 0.00131. The zero-order valence-electron chi connectivity index (χ0n) is 13.8. The topological polar surface area (TPSA) is 76.1 Å². The molecule has 5 nitrogen and oxygen atoms in total. The molecule has 2 aromatic carbocycles. The van der Waals surface area contributed by atoms with E-state index in [1.165, 1.54) is 36.5 Å². The van der Waals surface area contributed by atoms with E-state index in [4.69, 9.17) is 0 Å². The molecule has 0 saturated heterocycles. The lowest BCUT2D eigenvalue weighted by Gasteiger charge is -2.08. The molecule has 0 fully saturated rings. The Kier molecular flexibility index (Phi) is 4.81. The number of hydrogen-bond acceptors (Lipinski definition) is 4. The number of sulfonamides is 1. The molecule has 7 heteroatoms. The van der Waals surface area contributed by atoms with Gasteiger partial charge in [0.1, 0.15) is 5.82 Å². The minimum atomic E-state index is -4.05. The predicted molar refractivity (Wildman–Crippen MR) is 97.1 cm³/mol. The van der Waals surface area contributed by atoms with Gasteiger partial charge in [0.25, 0.3) is 15.9 Å². The van der Waals surface area contributed by atoms with Crippen LogP contribution in [0.15, 0.2) is 71.9 Å². The Bertz CT molecular complexity index is 1100. The van der Waals surface area contributed by atoms with Crippen LogP contribution in [-0.4, -0.2) is 19.3 Å². The second kappa shape index (κ2) is 7.05. The quantitative estimate of drug-likeness (QED) is 0.715. The van der Waals surface area contributed by atoms with Gasteiger partial charge in [-0.3, -0.25) is 9.78 Å². The van der Waals surface area contributed by atoms with E-state index in [0.29, 0.717) is 21.9 Å². The molecule has 3 aromatic rings. The number of halogens is 1. The Morgan fingerprint density at radius 2 is 1.85 bits per heavy atom. The Morgan fingerprint density at radius 3 is 2.58 bits per heavy atom. The molecule has 26 heavy (non-hydrogen) atoms. The van der Waals surface area contributed by atoms with Crippen molar-refractivity contribution < 1.29 is 17.6 Å². The monoisotopic (exact) mass is 370 g/mol. The Balaban J connectivity index is 1.88.